The van der Waals surface area contributed by atoms with Crippen LogP contribution in [0.25, 0.3) is 6.08 Å². The van der Waals surface area contributed by atoms with Gasteiger partial charge in [-0.15, -0.1) is 0 Å². The fourth-order valence-electron chi connectivity index (χ4n) is 2.02. The average molecular weight is 384 g/mol. The van der Waals surface area contributed by atoms with E-state index in [0.717, 1.165) is 5.57 Å². The molecule has 118 valence electrons. The summed E-state index contributed by atoms with van der Waals surface area (Å²) < 4.78 is 2.77. The van der Waals surface area contributed by atoms with Crippen molar-refractivity contribution < 1.29 is 0 Å². The molecule has 0 saturated carbocycles. The van der Waals surface area contributed by atoms with Gasteiger partial charge < -0.3 is 0 Å². The monoisotopic (exact) mass is 384 g/mol. The summed E-state index contributed by atoms with van der Waals surface area (Å²) in [6, 6.07) is 0. The predicted molar refractivity (Wildman–Crippen MR) is 95.2 cm³/mol. The molecule has 4 heteroatoms. The van der Waals surface area contributed by atoms with E-state index in [4.69, 9.17) is 11.6 Å². The topological polar surface area (TPSA) is 34.1 Å². The van der Waals surface area contributed by atoms with E-state index in [1.54, 1.807) is 6.08 Å². The van der Waals surface area contributed by atoms with Gasteiger partial charge in [0.25, 0.3) is 0 Å². The third-order valence-corrected chi connectivity index (χ3v) is 7.85. The SMILES string of the molecule is CC(C)(C)C1=CC(=Cc2c(Cl)c(=O)c2=O)C=C(C(C)(C)C)[Se]1. The molecule has 0 saturated heterocycles. The van der Waals surface area contributed by atoms with Crippen molar-refractivity contribution in [2.75, 3.05) is 0 Å². The molecule has 1 aliphatic heterocycles. The molecule has 0 fully saturated rings. The van der Waals surface area contributed by atoms with Crippen LogP contribution in [-0.2, 0) is 0 Å². The molecule has 1 aromatic rings. The van der Waals surface area contributed by atoms with Crippen LogP contribution in [0, 0.1) is 10.8 Å². The first-order valence-electron chi connectivity index (χ1n) is 7.24. The Morgan fingerprint density at radius 1 is 0.909 bits per heavy atom. The maximum absolute atomic E-state index is 11.6. The van der Waals surface area contributed by atoms with Crippen LogP contribution in [0.15, 0.2) is 36.3 Å². The van der Waals surface area contributed by atoms with E-state index in [-0.39, 0.29) is 15.9 Å². The molecular formula is C18H21ClO2Se. The van der Waals surface area contributed by atoms with Crippen LogP contribution in [0.5, 0.6) is 0 Å². The zero-order valence-corrected chi connectivity index (χ0v) is 16.3. The van der Waals surface area contributed by atoms with Crippen molar-refractivity contribution in [1.82, 2.24) is 0 Å². The number of halogens is 1. The molecule has 0 aromatic heterocycles. The molecule has 22 heavy (non-hydrogen) atoms. The van der Waals surface area contributed by atoms with Crippen LogP contribution in [0.1, 0.15) is 47.1 Å². The zero-order chi connectivity index (χ0) is 16.9. The summed E-state index contributed by atoms with van der Waals surface area (Å²) in [5.41, 5.74) is 0.406. The average Bonchev–Trinajstić information content (AvgIpc) is 2.41. The normalized spacial score (nSPS) is 16.6. The van der Waals surface area contributed by atoms with Crippen LogP contribution in [-0.4, -0.2) is 15.0 Å². The fourth-order valence-corrected chi connectivity index (χ4v) is 4.85. The summed E-state index contributed by atoms with van der Waals surface area (Å²) in [5.74, 6) is 0. The summed E-state index contributed by atoms with van der Waals surface area (Å²) >= 11 is 6.16. The molecule has 0 radical (unpaired) electrons. The van der Waals surface area contributed by atoms with Gasteiger partial charge in [-0.2, -0.15) is 0 Å². The number of rotatable bonds is 1. The quantitative estimate of drug-likeness (QED) is 0.544. The van der Waals surface area contributed by atoms with Crippen LogP contribution >= 0.6 is 11.6 Å². The van der Waals surface area contributed by atoms with E-state index < -0.39 is 10.9 Å². The molecule has 0 N–H and O–H groups in total. The molecular weight excluding hydrogens is 363 g/mol. The molecule has 0 unspecified atom stereocenters. The second-order valence-electron chi connectivity index (χ2n) is 7.65. The summed E-state index contributed by atoms with van der Waals surface area (Å²) in [6.45, 7) is 13.2. The first-order chi connectivity index (χ1) is 9.91. The molecule has 0 amide bonds. The van der Waals surface area contributed by atoms with Gasteiger partial charge in [-0.25, -0.2) is 0 Å². The van der Waals surface area contributed by atoms with E-state index >= 15 is 0 Å². The molecule has 1 heterocycles. The van der Waals surface area contributed by atoms with Crippen molar-refractivity contribution in [2.45, 2.75) is 41.5 Å². The molecule has 1 aromatic carbocycles. The van der Waals surface area contributed by atoms with Gasteiger partial charge in [0.15, 0.2) is 0 Å². The molecule has 1 aliphatic rings. The van der Waals surface area contributed by atoms with E-state index in [0.29, 0.717) is 20.5 Å². The van der Waals surface area contributed by atoms with Crippen LogP contribution < -0.4 is 10.9 Å². The van der Waals surface area contributed by atoms with Gasteiger partial charge in [0, 0.05) is 0 Å². The van der Waals surface area contributed by atoms with Gasteiger partial charge >= 0.3 is 143 Å². The van der Waals surface area contributed by atoms with Crippen molar-refractivity contribution in [1.29, 1.82) is 0 Å². The number of allylic oxidation sites excluding steroid dienone is 5. The second-order valence-corrected chi connectivity index (χ2v) is 10.3. The van der Waals surface area contributed by atoms with Crippen LogP contribution in [0.3, 0.4) is 0 Å². The molecule has 0 atom stereocenters. The van der Waals surface area contributed by atoms with Gasteiger partial charge in [-0.3, -0.25) is 0 Å². The maximum atomic E-state index is 11.6. The predicted octanol–water partition coefficient (Wildman–Crippen LogP) is 3.90. The van der Waals surface area contributed by atoms with Crippen molar-refractivity contribution in [2.24, 2.45) is 10.8 Å². The van der Waals surface area contributed by atoms with E-state index in [9.17, 15) is 9.59 Å². The summed E-state index contributed by atoms with van der Waals surface area (Å²) in [7, 11) is 0. The van der Waals surface area contributed by atoms with Crippen molar-refractivity contribution in [3.05, 3.63) is 57.7 Å². The molecule has 0 bridgehead atoms. The van der Waals surface area contributed by atoms with Crippen molar-refractivity contribution in [3.63, 3.8) is 0 Å². The van der Waals surface area contributed by atoms with Gasteiger partial charge in [0.05, 0.1) is 0 Å². The Labute approximate surface area is 142 Å². The third-order valence-electron chi connectivity index (χ3n) is 3.49. The van der Waals surface area contributed by atoms with Crippen molar-refractivity contribution in [3.8, 4) is 0 Å². The minimum absolute atomic E-state index is 0.0602. The van der Waals surface area contributed by atoms with Gasteiger partial charge in [-0.05, 0) is 0 Å². The second kappa shape index (κ2) is 5.63. The molecule has 0 spiro atoms. The molecule has 2 nitrogen and oxygen atoms in total. The first kappa shape index (κ1) is 17.5. The van der Waals surface area contributed by atoms with E-state index in [1.165, 1.54) is 8.94 Å². The third kappa shape index (κ3) is 3.37. The molecule has 0 aliphatic carbocycles. The van der Waals surface area contributed by atoms with E-state index in [2.05, 4.69) is 53.7 Å². The van der Waals surface area contributed by atoms with Crippen LogP contribution in [0.4, 0.5) is 0 Å². The molecule has 2 rings (SSSR count). The number of hydrogen-bond donors (Lipinski definition) is 0. The van der Waals surface area contributed by atoms with Crippen molar-refractivity contribution >= 4 is 32.6 Å². The fraction of sp³-hybridized carbons (Fsp3) is 0.444. The van der Waals surface area contributed by atoms with Gasteiger partial charge in [0.1, 0.15) is 0 Å². The minimum atomic E-state index is -0.575. The van der Waals surface area contributed by atoms with Gasteiger partial charge in [0.2, 0.25) is 0 Å². The Kier molecular flexibility index (Phi) is 4.47. The Morgan fingerprint density at radius 2 is 1.36 bits per heavy atom. The summed E-state index contributed by atoms with van der Waals surface area (Å²) in [5, 5.41) is 0.0602. The van der Waals surface area contributed by atoms with E-state index in [1.807, 2.05) is 0 Å². The summed E-state index contributed by atoms with van der Waals surface area (Å²) in [6.07, 6.45) is 6.03. The Morgan fingerprint density at radius 3 is 1.73 bits per heavy atom. The van der Waals surface area contributed by atoms with Gasteiger partial charge in [-0.1, -0.05) is 0 Å². The Hall–Kier alpha value is -0.891. The zero-order valence-electron chi connectivity index (χ0n) is 13.8. The Bertz CT molecular complexity index is 741. The standard InChI is InChI=1S/C18H21ClO2Se/c1-17(2,3)12-8-10(9-13(22-12)18(4,5)6)7-11-14(19)16(21)15(11)20/h7-9H,1-6H3. The summed E-state index contributed by atoms with van der Waals surface area (Å²) in [4.78, 5) is 22.9. The number of hydrogen-bond acceptors (Lipinski definition) is 2. The van der Waals surface area contributed by atoms with Crippen LogP contribution in [0.2, 0.25) is 5.02 Å². The first-order valence-corrected chi connectivity index (χ1v) is 9.33. The Balaban J connectivity index is 2.54.